The number of carbonyl (C=O) groups is 2. The normalized spacial score (nSPS) is 13.8. The first-order valence-corrected chi connectivity index (χ1v) is 5.34. The largest absolute Gasteiger partial charge is 0.467 e. The molecule has 94 valence electrons. The van der Waals surface area contributed by atoms with E-state index in [1.54, 1.807) is 0 Å². The van der Waals surface area contributed by atoms with Gasteiger partial charge >= 0.3 is 5.97 Å². The molecular formula is C10H16N4O3. The molecule has 1 rings (SSSR count). The average Bonchev–Trinajstić information content (AvgIpc) is 2.87. The highest BCUT2D eigenvalue weighted by molar-refractivity contribution is 5.93. The van der Waals surface area contributed by atoms with Crippen molar-refractivity contribution in [2.45, 2.75) is 26.3 Å². The van der Waals surface area contributed by atoms with Crippen LogP contribution in [0.4, 0.5) is 0 Å². The van der Waals surface area contributed by atoms with E-state index in [9.17, 15) is 9.59 Å². The number of carbonyl (C=O) groups excluding carboxylic acids is 2. The van der Waals surface area contributed by atoms with E-state index in [4.69, 9.17) is 0 Å². The fourth-order valence-corrected chi connectivity index (χ4v) is 1.32. The van der Waals surface area contributed by atoms with Crippen molar-refractivity contribution in [1.82, 2.24) is 20.5 Å². The first-order valence-electron chi connectivity index (χ1n) is 5.34. The fraction of sp³-hybridized carbons (Fsp3) is 0.600. The van der Waals surface area contributed by atoms with Crippen molar-refractivity contribution in [1.29, 1.82) is 0 Å². The molecule has 2 N–H and O–H groups in total. The van der Waals surface area contributed by atoms with Gasteiger partial charge in [-0.3, -0.25) is 9.89 Å². The third-order valence-electron chi connectivity index (χ3n) is 2.58. The van der Waals surface area contributed by atoms with Gasteiger partial charge in [0.15, 0.2) is 0 Å². The molecule has 0 aromatic carbocycles. The Hall–Kier alpha value is -1.92. The minimum Gasteiger partial charge on any atom is -0.467 e. The third-order valence-corrected chi connectivity index (χ3v) is 2.58. The summed E-state index contributed by atoms with van der Waals surface area (Å²) in [5, 5.41) is 8.57. The lowest BCUT2D eigenvalue weighted by molar-refractivity contribution is -0.144. The van der Waals surface area contributed by atoms with E-state index in [1.807, 2.05) is 13.8 Å². The number of H-pyrrole nitrogens is 1. The highest BCUT2D eigenvalue weighted by Crippen LogP contribution is 2.09. The number of ether oxygens (including phenoxy) is 1. The number of nitrogens with one attached hydrogen (secondary N) is 2. The Kier molecular flexibility index (Phi) is 4.62. The van der Waals surface area contributed by atoms with Gasteiger partial charge in [0.2, 0.25) is 5.82 Å². The summed E-state index contributed by atoms with van der Waals surface area (Å²) < 4.78 is 4.65. The van der Waals surface area contributed by atoms with E-state index < -0.39 is 17.9 Å². The molecule has 7 heteroatoms. The molecule has 1 amide bonds. The van der Waals surface area contributed by atoms with Gasteiger partial charge < -0.3 is 10.1 Å². The second-order valence-electron chi connectivity index (χ2n) is 3.69. The Balaban J connectivity index is 2.73. The molecule has 0 bridgehead atoms. The Morgan fingerprint density at radius 1 is 1.59 bits per heavy atom. The maximum absolute atomic E-state index is 11.7. The number of nitrogens with zero attached hydrogens (tertiary/aromatic N) is 2. The molecule has 0 aliphatic carbocycles. The van der Waals surface area contributed by atoms with Crippen molar-refractivity contribution >= 4 is 11.9 Å². The van der Waals surface area contributed by atoms with E-state index in [0.717, 1.165) is 6.42 Å². The van der Waals surface area contributed by atoms with E-state index in [-0.39, 0.29) is 11.7 Å². The second-order valence-corrected chi connectivity index (χ2v) is 3.69. The Labute approximate surface area is 99.0 Å². The molecule has 17 heavy (non-hydrogen) atoms. The molecule has 1 aromatic rings. The Morgan fingerprint density at radius 3 is 2.76 bits per heavy atom. The van der Waals surface area contributed by atoms with Gasteiger partial charge in [-0.1, -0.05) is 20.3 Å². The monoisotopic (exact) mass is 240 g/mol. The fourth-order valence-electron chi connectivity index (χ4n) is 1.32. The number of hydrogen-bond acceptors (Lipinski definition) is 5. The summed E-state index contributed by atoms with van der Waals surface area (Å²) in [4.78, 5) is 26.9. The molecule has 0 radical (unpaired) electrons. The van der Waals surface area contributed by atoms with Crippen molar-refractivity contribution in [2.24, 2.45) is 5.92 Å². The van der Waals surface area contributed by atoms with Gasteiger partial charge in [-0.25, -0.2) is 9.78 Å². The standard InChI is InChI=1S/C10H16N4O3/c1-4-6(2)7(10(16)17-3)13-9(15)8-11-5-12-14-8/h5-7H,4H2,1-3H3,(H,13,15)(H,11,12,14). The number of esters is 1. The molecule has 0 spiro atoms. The first kappa shape index (κ1) is 13.1. The number of methoxy groups -OCH3 is 1. The van der Waals surface area contributed by atoms with Crippen LogP contribution in [0.1, 0.15) is 30.9 Å². The lowest BCUT2D eigenvalue weighted by Crippen LogP contribution is -2.46. The molecule has 2 unspecified atom stereocenters. The van der Waals surface area contributed by atoms with E-state index in [0.29, 0.717) is 0 Å². The molecule has 0 saturated heterocycles. The minimum atomic E-state index is -0.678. The lowest BCUT2D eigenvalue weighted by atomic mass is 9.99. The zero-order valence-electron chi connectivity index (χ0n) is 10.1. The molecule has 0 aliphatic heterocycles. The van der Waals surface area contributed by atoms with Gasteiger partial charge in [0.05, 0.1) is 7.11 Å². The SMILES string of the molecule is CCC(C)C(NC(=O)c1ncn[nH]1)C(=O)OC. The van der Waals surface area contributed by atoms with Gasteiger partial charge in [0.25, 0.3) is 5.91 Å². The smallest absolute Gasteiger partial charge is 0.328 e. The Bertz CT molecular complexity index is 377. The van der Waals surface area contributed by atoms with Gasteiger partial charge in [0.1, 0.15) is 12.4 Å². The van der Waals surface area contributed by atoms with Gasteiger partial charge in [0, 0.05) is 0 Å². The minimum absolute atomic E-state index is 0.0191. The van der Waals surface area contributed by atoms with Crippen LogP contribution < -0.4 is 5.32 Å². The molecule has 2 atom stereocenters. The highest BCUT2D eigenvalue weighted by Gasteiger charge is 2.27. The maximum atomic E-state index is 11.7. The summed E-state index contributed by atoms with van der Waals surface area (Å²) in [7, 11) is 1.29. The van der Waals surface area contributed by atoms with Crippen molar-refractivity contribution in [3.8, 4) is 0 Å². The number of aromatic nitrogens is 3. The predicted molar refractivity (Wildman–Crippen MR) is 59.1 cm³/mol. The van der Waals surface area contributed by atoms with E-state index in [1.165, 1.54) is 13.4 Å². The van der Waals surface area contributed by atoms with Gasteiger partial charge in [-0.15, -0.1) is 0 Å². The van der Waals surface area contributed by atoms with Crippen LogP contribution in [-0.2, 0) is 9.53 Å². The Morgan fingerprint density at radius 2 is 2.29 bits per heavy atom. The van der Waals surface area contributed by atoms with Crippen LogP contribution in [0.25, 0.3) is 0 Å². The van der Waals surface area contributed by atoms with Crippen molar-refractivity contribution in [2.75, 3.05) is 7.11 Å². The van der Waals surface area contributed by atoms with Crippen molar-refractivity contribution in [3.05, 3.63) is 12.2 Å². The number of amides is 1. The second kappa shape index (κ2) is 5.97. The van der Waals surface area contributed by atoms with Crippen LogP contribution >= 0.6 is 0 Å². The number of rotatable bonds is 5. The quantitative estimate of drug-likeness (QED) is 0.712. The molecule has 7 nitrogen and oxygen atoms in total. The zero-order chi connectivity index (χ0) is 12.8. The van der Waals surface area contributed by atoms with Crippen LogP contribution in [0, 0.1) is 5.92 Å². The van der Waals surface area contributed by atoms with Crippen LogP contribution in [0.3, 0.4) is 0 Å². The van der Waals surface area contributed by atoms with Crippen LogP contribution in [-0.4, -0.2) is 40.2 Å². The predicted octanol–water partition coefficient (Wildman–Crippen LogP) is 0.122. The number of hydrogen-bond donors (Lipinski definition) is 2. The van der Waals surface area contributed by atoms with Crippen LogP contribution in [0.2, 0.25) is 0 Å². The average molecular weight is 240 g/mol. The van der Waals surface area contributed by atoms with Crippen molar-refractivity contribution < 1.29 is 14.3 Å². The first-order chi connectivity index (χ1) is 8.10. The molecule has 1 heterocycles. The molecule has 0 saturated carbocycles. The topological polar surface area (TPSA) is 97.0 Å². The van der Waals surface area contributed by atoms with E-state index in [2.05, 4.69) is 25.2 Å². The van der Waals surface area contributed by atoms with E-state index >= 15 is 0 Å². The van der Waals surface area contributed by atoms with Crippen LogP contribution in [0.15, 0.2) is 6.33 Å². The van der Waals surface area contributed by atoms with Gasteiger partial charge in [-0.2, -0.15) is 5.10 Å². The molecular weight excluding hydrogens is 224 g/mol. The summed E-state index contributed by atoms with van der Waals surface area (Å²) >= 11 is 0. The van der Waals surface area contributed by atoms with Crippen molar-refractivity contribution in [3.63, 3.8) is 0 Å². The highest BCUT2D eigenvalue weighted by atomic mass is 16.5. The molecule has 0 aliphatic rings. The summed E-state index contributed by atoms with van der Waals surface area (Å²) in [6.45, 7) is 3.80. The zero-order valence-corrected chi connectivity index (χ0v) is 10.1. The van der Waals surface area contributed by atoms with Gasteiger partial charge in [-0.05, 0) is 5.92 Å². The summed E-state index contributed by atoms with van der Waals surface area (Å²) in [6, 6.07) is -0.678. The molecule has 0 fully saturated rings. The summed E-state index contributed by atoms with van der Waals surface area (Å²) in [6.07, 6.45) is 1.97. The lowest BCUT2D eigenvalue weighted by Gasteiger charge is -2.21. The molecule has 1 aromatic heterocycles. The summed E-state index contributed by atoms with van der Waals surface area (Å²) in [5.74, 6) is -0.887. The number of aromatic amines is 1. The summed E-state index contributed by atoms with van der Waals surface area (Å²) in [5.41, 5.74) is 0. The maximum Gasteiger partial charge on any atom is 0.328 e. The third kappa shape index (κ3) is 3.27. The van der Waals surface area contributed by atoms with Crippen LogP contribution in [0.5, 0.6) is 0 Å².